The van der Waals surface area contributed by atoms with Gasteiger partial charge < -0.3 is 11.1 Å². The van der Waals surface area contributed by atoms with Gasteiger partial charge in [-0.3, -0.25) is 0 Å². The minimum Gasteiger partial charge on any atom is -0.396 e. The van der Waals surface area contributed by atoms with Gasteiger partial charge >= 0.3 is 0 Å². The van der Waals surface area contributed by atoms with Crippen LogP contribution in [0.2, 0.25) is 0 Å². The van der Waals surface area contributed by atoms with Crippen molar-refractivity contribution in [1.29, 1.82) is 0 Å². The zero-order valence-electron chi connectivity index (χ0n) is 13.4. The van der Waals surface area contributed by atoms with Crippen LogP contribution in [-0.2, 0) is 0 Å². The molecule has 2 aromatic rings. The first kappa shape index (κ1) is 16.2. The van der Waals surface area contributed by atoms with Gasteiger partial charge in [0.2, 0.25) is 5.95 Å². The summed E-state index contributed by atoms with van der Waals surface area (Å²) in [5.41, 5.74) is 5.44. The van der Waals surface area contributed by atoms with E-state index in [1.54, 1.807) is 0 Å². The highest BCUT2D eigenvalue weighted by Crippen LogP contribution is 2.31. The Kier molecular flexibility index (Phi) is 4.34. The summed E-state index contributed by atoms with van der Waals surface area (Å²) < 4.78 is 27.4. The average molecular weight is 328 g/mol. The first-order valence-corrected chi connectivity index (χ1v) is 7.83. The molecule has 1 heterocycles. The fraction of sp³-hybridized carbons (Fsp3) is 0.333. The van der Waals surface area contributed by atoms with Crippen LogP contribution >= 0.6 is 0 Å². The summed E-state index contributed by atoms with van der Waals surface area (Å²) in [6.07, 6.45) is 7.64. The highest BCUT2D eigenvalue weighted by molar-refractivity contribution is 5.51. The first-order chi connectivity index (χ1) is 11.5. The summed E-state index contributed by atoms with van der Waals surface area (Å²) in [5.74, 6) is 4.05. The quantitative estimate of drug-likeness (QED) is 0.654. The van der Waals surface area contributed by atoms with Gasteiger partial charge in [0.15, 0.2) is 5.82 Å². The third-order valence-electron chi connectivity index (χ3n) is 4.23. The summed E-state index contributed by atoms with van der Waals surface area (Å²) in [7, 11) is 0. The van der Waals surface area contributed by atoms with Crippen LogP contribution in [0.25, 0.3) is 0 Å². The molecule has 1 fully saturated rings. The Morgan fingerprint density at radius 2 is 1.79 bits per heavy atom. The zero-order chi connectivity index (χ0) is 17.2. The van der Waals surface area contributed by atoms with Gasteiger partial charge in [-0.25, -0.2) is 18.7 Å². The molecule has 0 aliphatic heterocycles. The van der Waals surface area contributed by atoms with Gasteiger partial charge in [0.1, 0.15) is 5.82 Å². The molecular weight excluding hydrogens is 310 g/mol. The summed E-state index contributed by atoms with van der Waals surface area (Å²) >= 11 is 0. The molecule has 0 amide bonds. The van der Waals surface area contributed by atoms with Crippen LogP contribution in [0.1, 0.15) is 43.7 Å². The topological polar surface area (TPSA) is 63.8 Å². The summed E-state index contributed by atoms with van der Waals surface area (Å²) in [5, 5.41) is 3.34. The van der Waals surface area contributed by atoms with Crippen LogP contribution in [0, 0.1) is 23.5 Å². The molecule has 1 aliphatic carbocycles. The number of benzene rings is 1. The molecule has 24 heavy (non-hydrogen) atoms. The van der Waals surface area contributed by atoms with Crippen molar-refractivity contribution in [1.82, 2.24) is 9.97 Å². The minimum absolute atomic E-state index is 0.0288. The lowest BCUT2D eigenvalue weighted by Gasteiger charge is -2.24. The van der Waals surface area contributed by atoms with E-state index in [4.69, 9.17) is 5.73 Å². The van der Waals surface area contributed by atoms with Gasteiger partial charge in [0.05, 0.1) is 16.8 Å². The molecule has 4 nitrogen and oxygen atoms in total. The number of rotatable bonds is 2. The Morgan fingerprint density at radius 1 is 1.12 bits per heavy atom. The van der Waals surface area contributed by atoms with Crippen molar-refractivity contribution in [2.45, 2.75) is 38.1 Å². The molecule has 0 atom stereocenters. The molecule has 0 bridgehead atoms. The molecule has 1 aliphatic rings. The second-order valence-corrected chi connectivity index (χ2v) is 6.26. The van der Waals surface area contributed by atoms with Gasteiger partial charge in [-0.2, -0.15) is 0 Å². The van der Waals surface area contributed by atoms with E-state index in [0.29, 0.717) is 11.5 Å². The van der Waals surface area contributed by atoms with Crippen LogP contribution < -0.4 is 11.1 Å². The maximum absolute atomic E-state index is 13.8. The molecule has 124 valence electrons. The predicted molar refractivity (Wildman–Crippen MR) is 89.3 cm³/mol. The minimum atomic E-state index is -0.851. The molecule has 1 aromatic heterocycles. The zero-order valence-corrected chi connectivity index (χ0v) is 13.4. The third kappa shape index (κ3) is 3.46. The molecule has 0 saturated heterocycles. The first-order valence-electron chi connectivity index (χ1n) is 7.83. The van der Waals surface area contributed by atoms with E-state index < -0.39 is 11.6 Å². The third-order valence-corrected chi connectivity index (χ3v) is 4.23. The molecule has 0 spiro atoms. The molecule has 0 unspecified atom stereocenters. The van der Waals surface area contributed by atoms with Gasteiger partial charge in [0, 0.05) is 17.9 Å². The number of anilines is 2. The molecule has 6 heteroatoms. The molecule has 1 saturated carbocycles. The van der Waals surface area contributed by atoms with E-state index in [-0.39, 0.29) is 16.8 Å². The van der Waals surface area contributed by atoms with Crippen molar-refractivity contribution in [2.75, 3.05) is 11.1 Å². The van der Waals surface area contributed by atoms with Crippen molar-refractivity contribution in [3.05, 3.63) is 47.3 Å². The predicted octanol–water partition coefficient (Wildman–Crippen LogP) is 3.48. The molecule has 1 aromatic carbocycles. The molecule has 3 rings (SSSR count). The highest BCUT2D eigenvalue weighted by Gasteiger charge is 2.28. The van der Waals surface area contributed by atoms with Crippen molar-refractivity contribution >= 4 is 11.6 Å². The Morgan fingerprint density at radius 3 is 2.46 bits per heavy atom. The molecule has 0 radical (unpaired) electrons. The number of hydrogen-bond acceptors (Lipinski definition) is 4. The summed E-state index contributed by atoms with van der Waals surface area (Å²) in [6, 6.07) is 2.26. The van der Waals surface area contributed by atoms with Gasteiger partial charge in [-0.1, -0.05) is 24.7 Å². The Labute approximate surface area is 139 Å². The number of nitrogens with two attached hydrogens (primary N) is 1. The van der Waals surface area contributed by atoms with Crippen molar-refractivity contribution in [3.63, 3.8) is 0 Å². The monoisotopic (exact) mass is 328 g/mol. The molecular formula is C18H18F2N4. The van der Waals surface area contributed by atoms with E-state index in [1.165, 1.54) is 31.3 Å². The van der Waals surface area contributed by atoms with Crippen LogP contribution in [0.5, 0.6) is 0 Å². The maximum Gasteiger partial charge on any atom is 0.223 e. The summed E-state index contributed by atoms with van der Waals surface area (Å²) in [4.78, 5) is 8.45. The smallest absolute Gasteiger partial charge is 0.223 e. The van der Waals surface area contributed by atoms with E-state index >= 15 is 0 Å². The fourth-order valence-corrected chi connectivity index (χ4v) is 2.83. The molecule has 3 N–H and O–H groups in total. The number of nitrogens with one attached hydrogen (secondary N) is 1. The SMILES string of the molecule is CC1(Nc2ncc(C#Cc3c(F)ccc(N)c3F)cn2)CCCC1. The van der Waals surface area contributed by atoms with E-state index in [0.717, 1.165) is 18.9 Å². The average Bonchev–Trinajstić information content (AvgIpc) is 2.99. The van der Waals surface area contributed by atoms with Crippen LogP contribution in [0.15, 0.2) is 24.5 Å². The largest absolute Gasteiger partial charge is 0.396 e. The lowest BCUT2D eigenvalue weighted by molar-refractivity contribution is 0.528. The summed E-state index contributed by atoms with van der Waals surface area (Å²) in [6.45, 7) is 2.16. The van der Waals surface area contributed by atoms with Gasteiger partial charge in [-0.15, -0.1) is 0 Å². The Balaban J connectivity index is 1.77. The lowest BCUT2D eigenvalue weighted by Crippen LogP contribution is -2.31. The number of nitrogen functional groups attached to an aromatic ring is 1. The maximum atomic E-state index is 13.8. The van der Waals surface area contributed by atoms with Crippen molar-refractivity contribution in [3.8, 4) is 11.8 Å². The van der Waals surface area contributed by atoms with Crippen LogP contribution in [0.4, 0.5) is 20.4 Å². The number of aromatic nitrogens is 2. The second kappa shape index (κ2) is 6.44. The normalized spacial score (nSPS) is 15.6. The van der Waals surface area contributed by atoms with Gasteiger partial charge in [-0.05, 0) is 31.9 Å². The standard InChI is InChI=1S/C18H18F2N4/c1-18(8-2-3-9-18)24-17-22-10-12(11-23-17)4-5-13-14(19)6-7-15(21)16(13)20/h6-7,10-11H,2-3,8-9,21H2,1H3,(H,22,23,24). The van der Waals surface area contributed by atoms with E-state index in [2.05, 4.69) is 34.0 Å². The highest BCUT2D eigenvalue weighted by atomic mass is 19.1. The number of nitrogens with zero attached hydrogens (tertiary/aromatic N) is 2. The van der Waals surface area contributed by atoms with Gasteiger partial charge in [0.25, 0.3) is 0 Å². The fourth-order valence-electron chi connectivity index (χ4n) is 2.83. The van der Waals surface area contributed by atoms with Crippen LogP contribution in [-0.4, -0.2) is 15.5 Å². The second-order valence-electron chi connectivity index (χ2n) is 6.26. The van der Waals surface area contributed by atoms with E-state index in [1.807, 2.05) is 0 Å². The lowest BCUT2D eigenvalue weighted by atomic mass is 10.0. The Bertz CT molecular complexity index is 800. The van der Waals surface area contributed by atoms with Crippen molar-refractivity contribution < 1.29 is 8.78 Å². The number of halogens is 2. The Hall–Kier alpha value is -2.68. The van der Waals surface area contributed by atoms with Crippen LogP contribution in [0.3, 0.4) is 0 Å². The number of hydrogen-bond donors (Lipinski definition) is 2. The van der Waals surface area contributed by atoms with E-state index in [9.17, 15) is 8.78 Å². The van der Waals surface area contributed by atoms with Crippen molar-refractivity contribution in [2.24, 2.45) is 0 Å².